The minimum Gasteiger partial charge on any atom is -0.493 e. The Morgan fingerprint density at radius 1 is 1.06 bits per heavy atom. The van der Waals surface area contributed by atoms with Gasteiger partial charge in [0.2, 0.25) is 5.76 Å². The Balaban J connectivity index is 1.27. The Kier molecular flexibility index (Phi) is 7.17. The molecule has 0 bridgehead atoms. The van der Waals surface area contributed by atoms with E-state index in [2.05, 4.69) is 6.92 Å². The van der Waals surface area contributed by atoms with Crippen LogP contribution in [0.3, 0.4) is 0 Å². The van der Waals surface area contributed by atoms with E-state index in [4.69, 9.17) is 18.6 Å². The number of hydrogen-bond donors (Lipinski definition) is 1. The lowest BCUT2D eigenvalue weighted by Crippen LogP contribution is -2.17. The van der Waals surface area contributed by atoms with Crippen molar-refractivity contribution in [2.24, 2.45) is 0 Å². The summed E-state index contributed by atoms with van der Waals surface area (Å²) < 4.78 is 22.8. The highest BCUT2D eigenvalue weighted by Gasteiger charge is 2.23. The third-order valence-corrected chi connectivity index (χ3v) is 5.68. The zero-order valence-electron chi connectivity index (χ0n) is 18.7. The third kappa shape index (κ3) is 4.97. The monoisotopic (exact) mass is 452 g/mol. The Bertz CT molecular complexity index is 1140. The van der Waals surface area contributed by atoms with E-state index in [9.17, 15) is 14.7 Å². The summed E-state index contributed by atoms with van der Waals surface area (Å²) in [6.45, 7) is 3.55. The summed E-state index contributed by atoms with van der Waals surface area (Å²) in [6, 6.07) is 9.05. The van der Waals surface area contributed by atoms with Crippen LogP contribution < -0.4 is 14.2 Å². The summed E-state index contributed by atoms with van der Waals surface area (Å²) >= 11 is 0. The molecule has 1 aliphatic heterocycles. The molecule has 7 heteroatoms. The predicted octanol–water partition coefficient (Wildman–Crippen LogP) is 5.68. The molecule has 1 aromatic heterocycles. The van der Waals surface area contributed by atoms with Crippen molar-refractivity contribution in [1.82, 2.24) is 0 Å². The highest BCUT2D eigenvalue weighted by molar-refractivity contribution is 6.04. The Morgan fingerprint density at radius 2 is 1.85 bits per heavy atom. The molecule has 33 heavy (non-hydrogen) atoms. The molecule has 4 rings (SSSR count). The first-order valence-corrected chi connectivity index (χ1v) is 11.4. The second-order valence-electron chi connectivity index (χ2n) is 8.04. The van der Waals surface area contributed by atoms with Gasteiger partial charge in [0.05, 0.1) is 37.0 Å². The van der Waals surface area contributed by atoms with E-state index < -0.39 is 5.97 Å². The fourth-order valence-corrected chi connectivity index (χ4v) is 4.09. The maximum atomic E-state index is 12.2. The number of unbranched alkanes of at least 4 members (excludes halogenated alkanes) is 2. The quantitative estimate of drug-likeness (QED) is 0.374. The molecule has 174 valence electrons. The van der Waals surface area contributed by atoms with Gasteiger partial charge < -0.3 is 23.7 Å². The van der Waals surface area contributed by atoms with Crippen LogP contribution in [0.5, 0.6) is 17.2 Å². The molecule has 0 saturated carbocycles. The molecule has 0 atom stereocenters. The van der Waals surface area contributed by atoms with Crippen LogP contribution in [-0.4, -0.2) is 36.7 Å². The average molecular weight is 453 g/mol. The number of Topliss-reactive ketones (excluding diaryl/α,β-unsaturated/α-hetero) is 1. The molecular weight excluding hydrogens is 424 g/mol. The van der Waals surface area contributed by atoms with E-state index in [1.54, 1.807) is 18.2 Å². The van der Waals surface area contributed by atoms with E-state index in [1.807, 2.05) is 12.1 Å². The van der Waals surface area contributed by atoms with Crippen molar-refractivity contribution < 1.29 is 33.3 Å². The lowest BCUT2D eigenvalue weighted by molar-refractivity contribution is 0.0664. The maximum absolute atomic E-state index is 12.2. The highest BCUT2D eigenvalue weighted by Crippen LogP contribution is 2.36. The number of carboxylic acid groups (broad SMARTS) is 1. The molecule has 1 aliphatic rings. The van der Waals surface area contributed by atoms with Gasteiger partial charge in [0, 0.05) is 17.4 Å². The summed E-state index contributed by atoms with van der Waals surface area (Å²) in [5.74, 6) is 0.900. The number of furan rings is 1. The highest BCUT2D eigenvalue weighted by atomic mass is 16.5. The molecular formula is C26H28O7. The molecule has 1 N–H and O–H groups in total. The van der Waals surface area contributed by atoms with Crippen LogP contribution >= 0.6 is 0 Å². The molecule has 0 aliphatic carbocycles. The van der Waals surface area contributed by atoms with Crippen molar-refractivity contribution in [3.05, 3.63) is 53.5 Å². The summed E-state index contributed by atoms with van der Waals surface area (Å²) in [7, 11) is 0. The van der Waals surface area contributed by atoms with Crippen LogP contribution in [0, 0.1) is 0 Å². The molecule has 0 spiro atoms. The Hall–Kier alpha value is -3.48. The van der Waals surface area contributed by atoms with E-state index in [0.717, 1.165) is 43.4 Å². The lowest BCUT2D eigenvalue weighted by Gasteiger charge is -2.22. The molecule has 0 fully saturated rings. The number of rotatable bonds is 11. The van der Waals surface area contributed by atoms with E-state index >= 15 is 0 Å². The second kappa shape index (κ2) is 10.4. The van der Waals surface area contributed by atoms with Gasteiger partial charge in [-0.1, -0.05) is 25.5 Å². The lowest BCUT2D eigenvalue weighted by atomic mass is 9.98. The summed E-state index contributed by atoms with van der Waals surface area (Å²) in [4.78, 5) is 23.5. The zero-order valence-corrected chi connectivity index (χ0v) is 18.7. The van der Waals surface area contributed by atoms with Crippen molar-refractivity contribution in [1.29, 1.82) is 0 Å². The fraction of sp³-hybridized carbons (Fsp3) is 0.385. The molecule has 0 radical (unpaired) electrons. The zero-order chi connectivity index (χ0) is 23.2. The minimum absolute atomic E-state index is 0.104. The average Bonchev–Trinajstić information content (AvgIpc) is 3.25. The summed E-state index contributed by atoms with van der Waals surface area (Å²) in [5, 5.41) is 10.5. The first kappa shape index (κ1) is 22.7. The number of carbonyl (C=O) groups excluding carboxylic acids is 1. The van der Waals surface area contributed by atoms with Crippen LogP contribution in [0.1, 0.15) is 65.5 Å². The number of carboxylic acids is 1. The smallest absolute Gasteiger partial charge is 0.372 e. The van der Waals surface area contributed by atoms with Gasteiger partial charge in [-0.3, -0.25) is 4.79 Å². The van der Waals surface area contributed by atoms with E-state index in [-0.39, 0.29) is 11.5 Å². The predicted molar refractivity (Wildman–Crippen MR) is 123 cm³/mol. The van der Waals surface area contributed by atoms with Crippen LogP contribution in [0.4, 0.5) is 0 Å². The van der Waals surface area contributed by atoms with Crippen LogP contribution in [0.15, 0.2) is 41.0 Å². The standard InChI is InChI=1S/C26H28O7/c1-2-7-19-21(11-10-18-20(27)12-15-32-24(18)19)30-13-4-3-5-14-31-22-9-6-8-17-16-33-25(23(17)22)26(28)29/h6,8-11,16H,2-5,7,12-15H2,1H3,(H,28,29). The van der Waals surface area contributed by atoms with E-state index in [0.29, 0.717) is 54.1 Å². The fourth-order valence-electron chi connectivity index (χ4n) is 4.09. The van der Waals surface area contributed by atoms with Gasteiger partial charge in [-0.25, -0.2) is 4.79 Å². The van der Waals surface area contributed by atoms with Crippen LogP contribution in [0.25, 0.3) is 10.8 Å². The number of carbonyl (C=O) groups is 2. The first-order valence-electron chi connectivity index (χ1n) is 11.4. The van der Waals surface area contributed by atoms with Crippen molar-refractivity contribution >= 4 is 22.5 Å². The SMILES string of the molecule is CCCc1c(OCCCCCOc2cccc3coc(C(=O)O)c23)ccc2c1OCCC2=O. The number of ether oxygens (including phenoxy) is 3. The molecule has 2 aromatic carbocycles. The summed E-state index contributed by atoms with van der Waals surface area (Å²) in [6.07, 6.45) is 6.15. The third-order valence-electron chi connectivity index (χ3n) is 5.68. The van der Waals surface area contributed by atoms with Gasteiger partial charge in [0.15, 0.2) is 5.78 Å². The van der Waals surface area contributed by atoms with Crippen LogP contribution in [-0.2, 0) is 6.42 Å². The first-order chi connectivity index (χ1) is 16.1. The summed E-state index contributed by atoms with van der Waals surface area (Å²) in [5.41, 5.74) is 1.64. The minimum atomic E-state index is -1.11. The Labute approximate surface area is 192 Å². The van der Waals surface area contributed by atoms with Gasteiger partial charge in [0.25, 0.3) is 0 Å². The molecule has 2 heterocycles. The van der Waals surface area contributed by atoms with Gasteiger partial charge in [-0.05, 0) is 43.9 Å². The molecule has 3 aromatic rings. The number of hydrogen-bond acceptors (Lipinski definition) is 6. The number of fused-ring (bicyclic) bond motifs is 2. The van der Waals surface area contributed by atoms with Crippen molar-refractivity contribution in [3.8, 4) is 17.2 Å². The topological polar surface area (TPSA) is 95.2 Å². The number of ketones is 1. The van der Waals surface area contributed by atoms with Crippen LogP contribution in [0.2, 0.25) is 0 Å². The van der Waals surface area contributed by atoms with Gasteiger partial charge in [0.1, 0.15) is 17.2 Å². The van der Waals surface area contributed by atoms with Crippen molar-refractivity contribution in [2.45, 2.75) is 45.4 Å². The van der Waals surface area contributed by atoms with Gasteiger partial charge in [-0.15, -0.1) is 0 Å². The normalized spacial score (nSPS) is 12.9. The van der Waals surface area contributed by atoms with Gasteiger partial charge in [-0.2, -0.15) is 0 Å². The van der Waals surface area contributed by atoms with Crippen molar-refractivity contribution in [2.75, 3.05) is 19.8 Å². The largest absolute Gasteiger partial charge is 0.493 e. The van der Waals surface area contributed by atoms with E-state index in [1.165, 1.54) is 6.26 Å². The molecule has 0 unspecified atom stereocenters. The maximum Gasteiger partial charge on any atom is 0.372 e. The Morgan fingerprint density at radius 3 is 2.61 bits per heavy atom. The number of benzene rings is 2. The van der Waals surface area contributed by atoms with Gasteiger partial charge >= 0.3 is 5.97 Å². The number of aromatic carboxylic acids is 1. The molecule has 7 nitrogen and oxygen atoms in total. The molecule has 0 amide bonds. The van der Waals surface area contributed by atoms with Crippen molar-refractivity contribution in [3.63, 3.8) is 0 Å². The second-order valence-corrected chi connectivity index (χ2v) is 8.04. The molecule has 0 saturated heterocycles.